The van der Waals surface area contributed by atoms with Gasteiger partial charge < -0.3 is 14.4 Å². The molecule has 1 aromatic carbocycles. The summed E-state index contributed by atoms with van der Waals surface area (Å²) in [6.45, 7) is 3.05. The van der Waals surface area contributed by atoms with Gasteiger partial charge in [0.2, 0.25) is 0 Å². The number of methoxy groups -OCH3 is 1. The van der Waals surface area contributed by atoms with Gasteiger partial charge in [0.15, 0.2) is 0 Å². The number of benzene rings is 1. The summed E-state index contributed by atoms with van der Waals surface area (Å²) in [5.41, 5.74) is 0.838. The summed E-state index contributed by atoms with van der Waals surface area (Å²) in [6.07, 6.45) is 4.98. The summed E-state index contributed by atoms with van der Waals surface area (Å²) in [7, 11) is 1.54. The molecular formula is C22H29N3O5. The molecule has 0 spiro atoms. The number of fused-ring (bicyclic) bond motifs is 2. The second-order valence-corrected chi connectivity index (χ2v) is 7.41. The van der Waals surface area contributed by atoms with Crippen molar-refractivity contribution in [3.8, 4) is 0 Å². The van der Waals surface area contributed by atoms with Gasteiger partial charge in [0, 0.05) is 32.2 Å². The molecule has 30 heavy (non-hydrogen) atoms. The Bertz CT molecular complexity index is 969. The van der Waals surface area contributed by atoms with Crippen molar-refractivity contribution in [1.29, 1.82) is 0 Å². The minimum Gasteiger partial charge on any atom is -0.465 e. The number of rotatable bonds is 7. The highest BCUT2D eigenvalue weighted by Gasteiger charge is 2.21. The maximum atomic E-state index is 13.1. The van der Waals surface area contributed by atoms with Crippen molar-refractivity contribution in [2.24, 2.45) is 0 Å². The highest BCUT2D eigenvalue weighted by molar-refractivity contribution is 5.99. The number of carbonyl (C=O) groups excluding carboxylic acids is 2. The molecule has 1 aliphatic heterocycles. The Balaban J connectivity index is 1.93. The molecule has 2 heterocycles. The van der Waals surface area contributed by atoms with Gasteiger partial charge in [-0.1, -0.05) is 12.8 Å². The van der Waals surface area contributed by atoms with E-state index in [9.17, 15) is 14.4 Å². The van der Waals surface area contributed by atoms with Gasteiger partial charge in [-0.25, -0.2) is 4.98 Å². The number of hydrogen-bond donors (Lipinski definition) is 0. The Kier molecular flexibility index (Phi) is 7.57. The number of hydrogen-bond acceptors (Lipinski definition) is 6. The lowest BCUT2D eigenvalue weighted by molar-refractivity contribution is -0.143. The molecule has 1 amide bonds. The average molecular weight is 415 g/mol. The van der Waals surface area contributed by atoms with E-state index >= 15 is 0 Å². The third-order valence-corrected chi connectivity index (χ3v) is 5.29. The van der Waals surface area contributed by atoms with Crippen LogP contribution in [0.1, 0.15) is 48.8 Å². The number of nitrogens with zero attached hydrogens (tertiary/aromatic N) is 3. The summed E-state index contributed by atoms with van der Waals surface area (Å²) < 4.78 is 11.8. The first-order chi connectivity index (χ1) is 14.5. The summed E-state index contributed by atoms with van der Waals surface area (Å²) in [5.74, 6) is -0.0179. The highest BCUT2D eigenvalue weighted by Crippen LogP contribution is 2.17. The fourth-order valence-corrected chi connectivity index (χ4v) is 3.73. The van der Waals surface area contributed by atoms with E-state index in [2.05, 4.69) is 0 Å². The molecule has 0 N–H and O–H groups in total. The maximum Gasteiger partial charge on any atom is 0.325 e. The van der Waals surface area contributed by atoms with Gasteiger partial charge in [-0.15, -0.1) is 0 Å². The number of esters is 1. The molecule has 162 valence electrons. The largest absolute Gasteiger partial charge is 0.465 e. The number of carbonyl (C=O) groups is 2. The molecule has 1 aromatic heterocycles. The number of aromatic nitrogens is 2. The van der Waals surface area contributed by atoms with E-state index in [0.29, 0.717) is 29.6 Å². The lowest BCUT2D eigenvalue weighted by Gasteiger charge is -2.22. The molecular weight excluding hydrogens is 386 g/mol. The maximum absolute atomic E-state index is 13.1. The van der Waals surface area contributed by atoms with Crippen LogP contribution in [0.3, 0.4) is 0 Å². The molecule has 0 atom stereocenters. The van der Waals surface area contributed by atoms with Gasteiger partial charge in [-0.05, 0) is 38.0 Å². The second-order valence-electron chi connectivity index (χ2n) is 7.41. The molecule has 0 radical (unpaired) electrons. The normalized spacial score (nSPS) is 13.9. The topological polar surface area (TPSA) is 90.7 Å². The van der Waals surface area contributed by atoms with Crippen molar-refractivity contribution in [1.82, 2.24) is 14.5 Å². The van der Waals surface area contributed by atoms with E-state index in [4.69, 9.17) is 14.5 Å². The fraction of sp³-hybridized carbons (Fsp3) is 0.545. The SMILES string of the molecule is CCOC(=O)CN(CCOC)C(=O)c1ccc2c(=O)n3c(nc2c1)CCCCCC3. The number of aryl methyl sites for hydroxylation is 1. The van der Waals surface area contributed by atoms with Crippen molar-refractivity contribution in [2.75, 3.05) is 33.4 Å². The zero-order valence-corrected chi connectivity index (χ0v) is 17.7. The van der Waals surface area contributed by atoms with Crippen LogP contribution >= 0.6 is 0 Å². The summed E-state index contributed by atoms with van der Waals surface area (Å²) in [6, 6.07) is 4.92. The molecule has 0 fully saturated rings. The van der Waals surface area contributed by atoms with E-state index in [0.717, 1.165) is 37.9 Å². The number of ether oxygens (including phenoxy) is 2. The van der Waals surface area contributed by atoms with Crippen LogP contribution in [-0.2, 0) is 27.2 Å². The zero-order valence-electron chi connectivity index (χ0n) is 17.7. The van der Waals surface area contributed by atoms with Crippen LogP contribution in [0.5, 0.6) is 0 Å². The van der Waals surface area contributed by atoms with Crippen LogP contribution in [0.25, 0.3) is 10.9 Å². The van der Waals surface area contributed by atoms with Crippen molar-refractivity contribution < 1.29 is 19.1 Å². The first-order valence-corrected chi connectivity index (χ1v) is 10.5. The molecule has 1 aliphatic rings. The molecule has 0 bridgehead atoms. The fourth-order valence-electron chi connectivity index (χ4n) is 3.73. The van der Waals surface area contributed by atoms with E-state index in [1.807, 2.05) is 0 Å². The molecule has 0 saturated carbocycles. The standard InChI is InChI=1S/C22H29N3O5/c1-3-30-20(26)15-24(12-13-29-2)21(27)16-9-10-17-18(14-16)23-19-8-6-4-5-7-11-25(19)22(17)28/h9-10,14H,3-8,11-13,15H2,1-2H3. The Morgan fingerprint density at radius 2 is 2.00 bits per heavy atom. The van der Waals surface area contributed by atoms with Crippen LogP contribution in [0.15, 0.2) is 23.0 Å². The Morgan fingerprint density at radius 3 is 2.77 bits per heavy atom. The third-order valence-electron chi connectivity index (χ3n) is 5.29. The zero-order chi connectivity index (χ0) is 21.5. The Labute approximate surface area is 175 Å². The quantitative estimate of drug-likeness (QED) is 0.644. The minimum absolute atomic E-state index is 0.0568. The molecule has 0 saturated heterocycles. The number of amides is 1. The van der Waals surface area contributed by atoms with Crippen molar-refractivity contribution in [2.45, 2.75) is 45.6 Å². The average Bonchev–Trinajstić information content (AvgIpc) is 2.72. The van der Waals surface area contributed by atoms with E-state index in [1.165, 1.54) is 12.0 Å². The smallest absolute Gasteiger partial charge is 0.325 e. The summed E-state index contributed by atoms with van der Waals surface area (Å²) in [4.78, 5) is 44.0. The second kappa shape index (κ2) is 10.3. The highest BCUT2D eigenvalue weighted by atomic mass is 16.5. The molecule has 0 aliphatic carbocycles. The van der Waals surface area contributed by atoms with Gasteiger partial charge >= 0.3 is 5.97 Å². The molecule has 3 rings (SSSR count). The Morgan fingerprint density at radius 1 is 1.20 bits per heavy atom. The first-order valence-electron chi connectivity index (χ1n) is 10.5. The minimum atomic E-state index is -0.472. The van der Waals surface area contributed by atoms with E-state index in [1.54, 1.807) is 29.7 Å². The Hall–Kier alpha value is -2.74. The van der Waals surface area contributed by atoms with Crippen LogP contribution in [0.4, 0.5) is 0 Å². The van der Waals surface area contributed by atoms with Gasteiger partial charge in [-0.3, -0.25) is 19.0 Å². The van der Waals surface area contributed by atoms with Crippen LogP contribution in [0, 0.1) is 0 Å². The van der Waals surface area contributed by atoms with Crippen molar-refractivity contribution >= 4 is 22.8 Å². The van der Waals surface area contributed by atoms with Gasteiger partial charge in [-0.2, -0.15) is 0 Å². The van der Waals surface area contributed by atoms with Gasteiger partial charge in [0.25, 0.3) is 11.5 Å². The van der Waals surface area contributed by atoms with Crippen LogP contribution < -0.4 is 5.56 Å². The van der Waals surface area contributed by atoms with Crippen LogP contribution in [-0.4, -0.2) is 59.7 Å². The van der Waals surface area contributed by atoms with E-state index < -0.39 is 5.97 Å². The van der Waals surface area contributed by atoms with E-state index in [-0.39, 0.29) is 31.2 Å². The predicted octanol–water partition coefficient (Wildman–Crippen LogP) is 2.16. The van der Waals surface area contributed by atoms with Crippen molar-refractivity contribution in [3.05, 3.63) is 39.9 Å². The predicted molar refractivity (Wildman–Crippen MR) is 113 cm³/mol. The van der Waals surface area contributed by atoms with Crippen molar-refractivity contribution in [3.63, 3.8) is 0 Å². The monoisotopic (exact) mass is 415 g/mol. The molecule has 8 heteroatoms. The van der Waals surface area contributed by atoms with Crippen LogP contribution in [0.2, 0.25) is 0 Å². The first kappa shape index (κ1) is 22.0. The van der Waals surface area contributed by atoms with Gasteiger partial charge in [0.05, 0.1) is 24.1 Å². The van der Waals surface area contributed by atoms with Gasteiger partial charge in [0.1, 0.15) is 12.4 Å². The lowest BCUT2D eigenvalue weighted by atomic mass is 10.1. The summed E-state index contributed by atoms with van der Waals surface area (Å²) >= 11 is 0. The summed E-state index contributed by atoms with van der Waals surface area (Å²) in [5, 5.41) is 0.504. The molecule has 8 nitrogen and oxygen atoms in total. The lowest BCUT2D eigenvalue weighted by Crippen LogP contribution is -2.38. The third kappa shape index (κ3) is 5.05. The molecule has 2 aromatic rings. The molecule has 0 unspecified atom stereocenters.